The average Bonchev–Trinajstić information content (AvgIpc) is 2.40. The number of Topliss-reactive ketones (excluding diaryl/α,β-unsaturated/α-hetero) is 1. The van der Waals surface area contributed by atoms with Crippen molar-refractivity contribution < 1.29 is 14.9 Å². The van der Waals surface area contributed by atoms with Crippen LogP contribution in [0.4, 0.5) is 5.69 Å². The maximum Gasteiger partial charge on any atom is 0.228 e. The van der Waals surface area contributed by atoms with Gasteiger partial charge in [-0.15, -0.1) is 0 Å². The molecule has 2 rings (SSSR count). The van der Waals surface area contributed by atoms with Crippen molar-refractivity contribution in [2.75, 3.05) is 5.12 Å². The molecule has 20 heavy (non-hydrogen) atoms. The number of carbonyl (C=O) groups is 1. The van der Waals surface area contributed by atoms with Crippen molar-refractivity contribution in [1.82, 2.24) is 0 Å². The minimum absolute atomic E-state index is 0.0856. The fraction of sp³-hybridized carbons (Fsp3) is 0.417. The quantitative estimate of drug-likeness (QED) is 0.622. The Bertz CT molecular complexity index is 455. The molecule has 1 aliphatic carbocycles. The van der Waals surface area contributed by atoms with Crippen LogP contribution in [0.15, 0.2) is 30.3 Å². The fourth-order valence-corrected chi connectivity index (χ4v) is 1.76. The van der Waals surface area contributed by atoms with Gasteiger partial charge >= 0.3 is 0 Å². The van der Waals surface area contributed by atoms with Crippen LogP contribution >= 0.6 is 0 Å². The molecular weight excluding hydrogens is 266 g/mol. The Balaban J connectivity index is 0.000000240. The zero-order valence-electron chi connectivity index (χ0n) is 10.8. The second kappa shape index (κ2) is 7.82. The highest BCUT2D eigenvalue weighted by Crippen LogP contribution is 2.13. The zero-order valence-corrected chi connectivity index (χ0v) is 10.8. The van der Waals surface area contributed by atoms with Gasteiger partial charge in [-0.05, 0) is 25.0 Å². The third kappa shape index (κ3) is 5.01. The third-order valence-corrected chi connectivity index (χ3v) is 2.71. The first kappa shape index (κ1) is 15.5. The smallest absolute Gasteiger partial charge is 0.228 e. The molecule has 0 heterocycles. The van der Waals surface area contributed by atoms with Crippen LogP contribution in [0.2, 0.25) is 0 Å². The van der Waals surface area contributed by atoms with Crippen molar-refractivity contribution in [2.45, 2.75) is 32.1 Å². The summed E-state index contributed by atoms with van der Waals surface area (Å²) < 4.78 is 0. The van der Waals surface area contributed by atoms with Gasteiger partial charge in [0, 0.05) is 12.8 Å². The van der Waals surface area contributed by atoms with Crippen molar-refractivity contribution >= 4 is 11.5 Å². The topological polar surface area (TPSA) is 107 Å². The Kier molecular flexibility index (Phi) is 6.08. The second-order valence-corrected chi connectivity index (χ2v) is 4.20. The highest BCUT2D eigenvalue weighted by Gasteiger charge is 2.29. The van der Waals surface area contributed by atoms with Crippen LogP contribution in [0.25, 0.3) is 0 Å². The number of hydrazine groups is 2. The van der Waals surface area contributed by atoms with E-state index in [1.165, 1.54) is 30.7 Å². The zero-order chi connectivity index (χ0) is 15.0. The van der Waals surface area contributed by atoms with Crippen LogP contribution in [-0.4, -0.2) is 15.8 Å². The van der Waals surface area contributed by atoms with E-state index in [0.29, 0.717) is 5.78 Å². The lowest BCUT2D eigenvalue weighted by Gasteiger charge is -2.05. The number of ketones is 1. The lowest BCUT2D eigenvalue weighted by Crippen LogP contribution is -2.35. The number of carbonyl (C=O) groups excluding carboxylic acids is 1. The number of anilines is 1. The number of benzene rings is 1. The van der Waals surface area contributed by atoms with Crippen LogP contribution in [-0.2, 0) is 4.79 Å². The first-order valence-corrected chi connectivity index (χ1v) is 6.18. The second-order valence-electron chi connectivity index (χ2n) is 4.20. The average molecular weight is 281 g/mol. The van der Waals surface area contributed by atoms with E-state index in [-0.39, 0.29) is 10.8 Å². The minimum atomic E-state index is -1.09. The molecule has 1 aromatic carbocycles. The number of nitrogens with zero attached hydrogens (tertiary/aromatic N) is 3. The maximum atomic E-state index is 10.5. The lowest BCUT2D eigenvalue weighted by atomic mass is 10.00. The molecule has 1 fully saturated rings. The number of hydrogen-bond acceptors (Lipinski definition) is 5. The van der Waals surface area contributed by atoms with Gasteiger partial charge in [0.2, 0.25) is 10.1 Å². The summed E-state index contributed by atoms with van der Waals surface area (Å²) in [7, 11) is 0. The lowest BCUT2D eigenvalue weighted by molar-refractivity contribution is -0.711. The van der Waals surface area contributed by atoms with Crippen LogP contribution < -0.4 is 5.12 Å². The van der Waals surface area contributed by atoms with E-state index in [4.69, 9.17) is 0 Å². The van der Waals surface area contributed by atoms with E-state index in [1.54, 1.807) is 6.07 Å². The molecule has 0 N–H and O–H groups in total. The van der Waals surface area contributed by atoms with Gasteiger partial charge < -0.3 is 0 Å². The molecule has 1 saturated carbocycles. The number of para-hydroxylation sites is 1. The predicted molar refractivity (Wildman–Crippen MR) is 71.0 cm³/mol. The molecule has 0 bridgehead atoms. The molecular formula is C12H15N3O5. The summed E-state index contributed by atoms with van der Waals surface area (Å²) in [5.41, 5.74) is -0.0856. The Hall–Kier alpha value is -2.51. The van der Waals surface area contributed by atoms with Crippen LogP contribution in [0.3, 0.4) is 0 Å². The minimum Gasteiger partial charge on any atom is -0.300 e. The summed E-state index contributed by atoms with van der Waals surface area (Å²) in [5, 5.41) is 18.1. The van der Waals surface area contributed by atoms with Gasteiger partial charge in [0.1, 0.15) is 5.78 Å². The van der Waals surface area contributed by atoms with E-state index in [1.807, 2.05) is 0 Å². The number of rotatable bonds is 3. The van der Waals surface area contributed by atoms with Crippen LogP contribution in [0.1, 0.15) is 32.1 Å². The molecule has 0 spiro atoms. The monoisotopic (exact) mass is 281 g/mol. The predicted octanol–water partition coefficient (Wildman–Crippen LogP) is 2.40. The van der Waals surface area contributed by atoms with E-state index in [2.05, 4.69) is 0 Å². The van der Waals surface area contributed by atoms with E-state index < -0.39 is 10.1 Å². The van der Waals surface area contributed by atoms with Crippen molar-refractivity contribution in [3.8, 4) is 0 Å². The summed E-state index contributed by atoms with van der Waals surface area (Å²) >= 11 is 0. The van der Waals surface area contributed by atoms with E-state index in [0.717, 1.165) is 25.7 Å². The highest BCUT2D eigenvalue weighted by molar-refractivity contribution is 5.78. The van der Waals surface area contributed by atoms with Gasteiger partial charge in [-0.2, -0.15) is 0 Å². The van der Waals surface area contributed by atoms with E-state index in [9.17, 15) is 25.0 Å². The normalized spacial score (nSPS) is 13.9. The largest absolute Gasteiger partial charge is 0.300 e. The first-order chi connectivity index (χ1) is 9.52. The molecule has 1 aliphatic rings. The molecule has 0 radical (unpaired) electrons. The van der Waals surface area contributed by atoms with Crippen LogP contribution in [0, 0.1) is 20.2 Å². The SMILES string of the molecule is O=C1CCCCC1.O=[N+]([O-])N(c1ccccc1)[N+](=O)[O-]. The molecule has 0 amide bonds. The van der Waals surface area contributed by atoms with Gasteiger partial charge in [0.25, 0.3) is 0 Å². The van der Waals surface area contributed by atoms with Crippen molar-refractivity contribution in [1.29, 1.82) is 0 Å². The Morgan fingerprint density at radius 2 is 1.40 bits per heavy atom. The van der Waals surface area contributed by atoms with Gasteiger partial charge in [0.15, 0.2) is 10.8 Å². The molecule has 0 unspecified atom stereocenters. The summed E-state index contributed by atoms with van der Waals surface area (Å²) in [4.78, 5) is 30.9. The summed E-state index contributed by atoms with van der Waals surface area (Å²) in [6.07, 6.45) is 5.24. The maximum absolute atomic E-state index is 10.5. The standard InChI is InChI=1S/C6H5N3O4.C6H10O/c10-8(11)7(9(12)13)6-4-2-1-3-5-6;7-6-4-2-1-3-5-6/h1-5H;1-5H2. The number of hydrogen-bond donors (Lipinski definition) is 0. The van der Waals surface area contributed by atoms with E-state index >= 15 is 0 Å². The third-order valence-electron chi connectivity index (χ3n) is 2.71. The molecule has 0 atom stereocenters. The Morgan fingerprint density at radius 3 is 1.75 bits per heavy atom. The fourth-order valence-electron chi connectivity index (χ4n) is 1.76. The molecule has 8 heteroatoms. The molecule has 8 nitrogen and oxygen atoms in total. The van der Waals surface area contributed by atoms with Gasteiger partial charge in [-0.25, -0.2) is 20.2 Å². The molecule has 0 saturated heterocycles. The van der Waals surface area contributed by atoms with Gasteiger partial charge in [0.05, 0.1) is 0 Å². The van der Waals surface area contributed by atoms with Crippen molar-refractivity contribution in [3.63, 3.8) is 0 Å². The Labute approximate surface area is 115 Å². The summed E-state index contributed by atoms with van der Waals surface area (Å²) in [6.45, 7) is 0. The highest BCUT2D eigenvalue weighted by atomic mass is 16.8. The van der Waals surface area contributed by atoms with Crippen LogP contribution in [0.5, 0.6) is 0 Å². The molecule has 0 aliphatic heterocycles. The summed E-state index contributed by atoms with van der Waals surface area (Å²) in [5.74, 6) is 0.464. The first-order valence-electron chi connectivity index (χ1n) is 6.18. The number of nitro groups is 2. The Morgan fingerprint density at radius 1 is 0.900 bits per heavy atom. The van der Waals surface area contributed by atoms with Crippen molar-refractivity contribution in [3.05, 3.63) is 50.6 Å². The molecule has 108 valence electrons. The molecule has 0 aromatic heterocycles. The summed E-state index contributed by atoms with van der Waals surface area (Å²) in [6, 6.07) is 7.14. The van der Waals surface area contributed by atoms with Gasteiger partial charge in [-0.1, -0.05) is 24.6 Å². The van der Waals surface area contributed by atoms with Gasteiger partial charge in [-0.3, -0.25) is 4.79 Å². The molecule has 1 aromatic rings. The van der Waals surface area contributed by atoms with Crippen molar-refractivity contribution in [2.24, 2.45) is 0 Å².